The molecule has 1 aliphatic heterocycles. The fourth-order valence-electron chi connectivity index (χ4n) is 3.46. The van der Waals surface area contributed by atoms with Crippen LogP contribution in [0.5, 0.6) is 0 Å². The number of imidazole rings is 1. The number of hydrogen-bond acceptors (Lipinski definition) is 4. The van der Waals surface area contributed by atoms with Crippen molar-refractivity contribution in [3.8, 4) is 5.82 Å². The van der Waals surface area contributed by atoms with Gasteiger partial charge in [-0.1, -0.05) is 18.2 Å². The summed E-state index contributed by atoms with van der Waals surface area (Å²) in [6, 6.07) is 11.2. The normalized spacial score (nSPS) is 15.3. The van der Waals surface area contributed by atoms with Crippen LogP contribution in [0.25, 0.3) is 16.9 Å². The third kappa shape index (κ3) is 3.28. The highest BCUT2D eigenvalue weighted by Crippen LogP contribution is 2.19. The fourth-order valence-corrected chi connectivity index (χ4v) is 3.46. The van der Waals surface area contributed by atoms with Crippen molar-refractivity contribution in [2.75, 3.05) is 6.54 Å². The molecular weight excluding hydrogens is 342 g/mol. The number of benzene rings is 1. The summed E-state index contributed by atoms with van der Waals surface area (Å²) >= 11 is 0. The van der Waals surface area contributed by atoms with Gasteiger partial charge in [0.25, 0.3) is 0 Å². The van der Waals surface area contributed by atoms with E-state index < -0.39 is 6.04 Å². The van der Waals surface area contributed by atoms with E-state index in [0.29, 0.717) is 19.5 Å². The van der Waals surface area contributed by atoms with Crippen LogP contribution in [0.1, 0.15) is 25.3 Å². The lowest BCUT2D eigenvalue weighted by atomic mass is 10.2. The first-order chi connectivity index (χ1) is 13.1. The first kappa shape index (κ1) is 17.2. The summed E-state index contributed by atoms with van der Waals surface area (Å²) in [5.41, 5.74) is 2.73. The van der Waals surface area contributed by atoms with Gasteiger partial charge in [-0.2, -0.15) is 0 Å². The Labute approximate surface area is 157 Å². The number of aromatic nitrogens is 3. The Kier molecular flexibility index (Phi) is 4.58. The monoisotopic (exact) mass is 363 g/mol. The quantitative estimate of drug-likeness (QED) is 0.752. The topological polar surface area (TPSA) is 80.1 Å². The molecule has 7 heteroatoms. The highest BCUT2D eigenvalue weighted by Gasteiger charge is 2.29. The van der Waals surface area contributed by atoms with Crippen LogP contribution < -0.4 is 5.32 Å². The summed E-state index contributed by atoms with van der Waals surface area (Å²) in [6.45, 7) is 2.75. The molecule has 1 N–H and O–H groups in total. The van der Waals surface area contributed by atoms with Crippen molar-refractivity contribution in [2.24, 2.45) is 0 Å². The van der Waals surface area contributed by atoms with Crippen molar-refractivity contribution < 1.29 is 9.59 Å². The molecule has 0 bridgehead atoms. The van der Waals surface area contributed by atoms with Gasteiger partial charge in [0.1, 0.15) is 18.2 Å². The Balaban J connectivity index is 1.54. The minimum atomic E-state index is -0.464. The maximum atomic E-state index is 12.5. The molecule has 1 saturated heterocycles. The lowest BCUT2D eigenvalue weighted by Crippen LogP contribution is -2.45. The van der Waals surface area contributed by atoms with Crippen molar-refractivity contribution in [3.63, 3.8) is 0 Å². The summed E-state index contributed by atoms with van der Waals surface area (Å²) in [5.74, 6) is 0.622. The predicted molar refractivity (Wildman–Crippen MR) is 101 cm³/mol. The van der Waals surface area contributed by atoms with Crippen molar-refractivity contribution in [3.05, 3.63) is 54.5 Å². The third-order valence-electron chi connectivity index (χ3n) is 4.96. The molecule has 27 heavy (non-hydrogen) atoms. The largest absolute Gasteiger partial charge is 0.350 e. The highest BCUT2D eigenvalue weighted by molar-refractivity contribution is 5.88. The van der Waals surface area contributed by atoms with E-state index >= 15 is 0 Å². The summed E-state index contributed by atoms with van der Waals surface area (Å²) in [6.07, 6.45) is 4.81. The Morgan fingerprint density at radius 3 is 2.89 bits per heavy atom. The second-order valence-corrected chi connectivity index (χ2v) is 6.67. The molecule has 2 aromatic heterocycles. The molecule has 138 valence electrons. The number of nitrogens with zero attached hydrogens (tertiary/aromatic N) is 4. The van der Waals surface area contributed by atoms with Gasteiger partial charge in [0.05, 0.1) is 11.0 Å². The Morgan fingerprint density at radius 1 is 1.22 bits per heavy atom. The molecule has 0 aliphatic carbocycles. The molecule has 3 aromatic rings. The smallest absolute Gasteiger partial charge is 0.242 e. The second kappa shape index (κ2) is 7.19. The van der Waals surface area contributed by atoms with Crippen LogP contribution in [-0.2, 0) is 16.1 Å². The van der Waals surface area contributed by atoms with Gasteiger partial charge in [-0.3, -0.25) is 14.2 Å². The Hall–Kier alpha value is -3.22. The number of rotatable bonds is 5. The minimum absolute atomic E-state index is 0.0459. The maximum Gasteiger partial charge on any atom is 0.242 e. The molecule has 0 radical (unpaired) electrons. The molecule has 4 rings (SSSR count). The lowest BCUT2D eigenvalue weighted by Gasteiger charge is -2.23. The summed E-state index contributed by atoms with van der Waals surface area (Å²) in [5, 5.41) is 2.94. The maximum absolute atomic E-state index is 12.5. The van der Waals surface area contributed by atoms with Crippen LogP contribution in [0.3, 0.4) is 0 Å². The van der Waals surface area contributed by atoms with Gasteiger partial charge in [-0.05, 0) is 31.5 Å². The van der Waals surface area contributed by atoms with Crippen molar-refractivity contribution >= 4 is 22.8 Å². The number of hydrogen-bond donors (Lipinski definition) is 1. The van der Waals surface area contributed by atoms with E-state index in [4.69, 9.17) is 0 Å². The van der Waals surface area contributed by atoms with E-state index in [0.717, 1.165) is 28.8 Å². The summed E-state index contributed by atoms with van der Waals surface area (Å²) in [4.78, 5) is 34.9. The molecule has 1 fully saturated rings. The van der Waals surface area contributed by atoms with E-state index in [9.17, 15) is 9.59 Å². The van der Waals surface area contributed by atoms with E-state index in [-0.39, 0.29) is 11.8 Å². The standard InChI is InChI=1S/C20H21N5O2/c1-14(24-11-5-9-18(24)26)20(27)22-12-15-6-4-10-21-19(15)25-13-23-16-7-2-3-8-17(16)25/h2-4,6-8,10,13-14H,5,9,11-12H2,1H3,(H,22,27)/t14-/m0/s1. The van der Waals surface area contributed by atoms with Crippen molar-refractivity contribution in [1.29, 1.82) is 0 Å². The average molecular weight is 363 g/mol. The van der Waals surface area contributed by atoms with Gasteiger partial charge in [-0.15, -0.1) is 0 Å². The van der Waals surface area contributed by atoms with E-state index in [2.05, 4.69) is 15.3 Å². The van der Waals surface area contributed by atoms with Crippen molar-refractivity contribution in [2.45, 2.75) is 32.4 Å². The molecule has 0 saturated carbocycles. The van der Waals surface area contributed by atoms with E-state index in [1.165, 1.54) is 0 Å². The molecule has 1 aromatic carbocycles. The van der Waals surface area contributed by atoms with Gasteiger partial charge >= 0.3 is 0 Å². The minimum Gasteiger partial charge on any atom is -0.350 e. The van der Waals surface area contributed by atoms with Crippen LogP contribution >= 0.6 is 0 Å². The van der Waals surface area contributed by atoms with E-state index in [1.54, 1.807) is 24.3 Å². The molecule has 7 nitrogen and oxygen atoms in total. The predicted octanol–water partition coefficient (Wildman–Crippen LogP) is 2.05. The first-order valence-electron chi connectivity index (χ1n) is 9.08. The number of nitrogens with one attached hydrogen (secondary N) is 1. The number of fused-ring (bicyclic) bond motifs is 1. The van der Waals surface area contributed by atoms with Gasteiger partial charge in [0.15, 0.2) is 0 Å². The Morgan fingerprint density at radius 2 is 2.07 bits per heavy atom. The fraction of sp³-hybridized carbons (Fsp3) is 0.300. The third-order valence-corrected chi connectivity index (χ3v) is 4.96. The average Bonchev–Trinajstić information content (AvgIpc) is 3.32. The molecule has 2 amide bonds. The Bertz CT molecular complexity index is 997. The van der Waals surface area contributed by atoms with Crippen LogP contribution in [0.15, 0.2) is 48.9 Å². The number of para-hydroxylation sites is 2. The number of carbonyl (C=O) groups is 2. The molecule has 1 aliphatic rings. The lowest BCUT2D eigenvalue weighted by molar-refractivity contribution is -0.136. The zero-order valence-corrected chi connectivity index (χ0v) is 15.1. The van der Waals surface area contributed by atoms with E-state index in [1.807, 2.05) is 41.0 Å². The van der Waals surface area contributed by atoms with Gasteiger partial charge in [-0.25, -0.2) is 9.97 Å². The molecule has 0 spiro atoms. The second-order valence-electron chi connectivity index (χ2n) is 6.67. The zero-order chi connectivity index (χ0) is 18.8. The van der Waals surface area contributed by atoms with Gasteiger partial charge < -0.3 is 10.2 Å². The van der Waals surface area contributed by atoms with Crippen LogP contribution in [0.2, 0.25) is 0 Å². The van der Waals surface area contributed by atoms with Crippen LogP contribution in [0.4, 0.5) is 0 Å². The molecule has 0 unspecified atom stereocenters. The molecule has 1 atom stereocenters. The van der Waals surface area contributed by atoms with Crippen LogP contribution in [-0.4, -0.2) is 43.8 Å². The SMILES string of the molecule is C[C@@H](C(=O)NCc1cccnc1-n1cnc2ccccc21)N1CCCC1=O. The van der Waals surface area contributed by atoms with Crippen molar-refractivity contribution in [1.82, 2.24) is 24.8 Å². The highest BCUT2D eigenvalue weighted by atomic mass is 16.2. The number of likely N-dealkylation sites (tertiary alicyclic amines) is 1. The van der Waals surface area contributed by atoms with Gasteiger partial charge in [0, 0.05) is 31.3 Å². The summed E-state index contributed by atoms with van der Waals surface area (Å²) < 4.78 is 1.92. The molecule has 3 heterocycles. The number of pyridine rings is 1. The molecular formula is C20H21N5O2. The first-order valence-corrected chi connectivity index (χ1v) is 9.08. The van der Waals surface area contributed by atoms with Gasteiger partial charge in [0.2, 0.25) is 11.8 Å². The summed E-state index contributed by atoms with van der Waals surface area (Å²) in [7, 11) is 0. The number of amides is 2. The zero-order valence-electron chi connectivity index (χ0n) is 15.1. The van der Waals surface area contributed by atoms with Crippen LogP contribution in [0, 0.1) is 0 Å². The number of carbonyl (C=O) groups excluding carboxylic acids is 2.